The van der Waals surface area contributed by atoms with Crippen LogP contribution in [0.4, 0.5) is 4.39 Å². The molecule has 3 aromatic rings. The average Bonchev–Trinajstić information content (AvgIpc) is 2.60. The zero-order chi connectivity index (χ0) is 18.9. The summed E-state index contributed by atoms with van der Waals surface area (Å²) < 4.78 is 37.3. The summed E-state index contributed by atoms with van der Waals surface area (Å²) in [5.74, 6) is -0.463. The van der Waals surface area contributed by atoms with Crippen molar-refractivity contribution in [1.82, 2.24) is 4.98 Å². The molecule has 0 aliphatic carbocycles. The van der Waals surface area contributed by atoms with E-state index in [0.717, 1.165) is 27.6 Å². The average molecular weight is 373 g/mol. The van der Waals surface area contributed by atoms with Crippen LogP contribution >= 0.6 is 0 Å². The third-order valence-electron chi connectivity index (χ3n) is 4.55. The van der Waals surface area contributed by atoms with Crippen molar-refractivity contribution in [2.45, 2.75) is 25.2 Å². The fourth-order valence-electron chi connectivity index (χ4n) is 2.94. The van der Waals surface area contributed by atoms with Crippen molar-refractivity contribution in [2.75, 3.05) is 6.26 Å². The first-order chi connectivity index (χ1) is 12.3. The van der Waals surface area contributed by atoms with E-state index in [0.29, 0.717) is 6.42 Å². The molecular weight excluding hydrogens is 353 g/mol. The van der Waals surface area contributed by atoms with Crippen molar-refractivity contribution < 1.29 is 17.9 Å². The minimum Gasteiger partial charge on any atom is -0.392 e. The highest BCUT2D eigenvalue weighted by molar-refractivity contribution is 7.91. The number of aliphatic hydroxyl groups is 1. The summed E-state index contributed by atoms with van der Waals surface area (Å²) in [5.41, 5.74) is 3.34. The summed E-state index contributed by atoms with van der Waals surface area (Å²) in [4.78, 5) is 4.43. The zero-order valence-electron chi connectivity index (χ0n) is 14.6. The second-order valence-corrected chi connectivity index (χ2v) is 8.99. The minimum atomic E-state index is -3.15. The van der Waals surface area contributed by atoms with Crippen LogP contribution in [0.25, 0.3) is 22.0 Å². The van der Waals surface area contributed by atoms with E-state index in [1.54, 1.807) is 25.3 Å². The van der Waals surface area contributed by atoms with Crippen molar-refractivity contribution in [3.63, 3.8) is 0 Å². The summed E-state index contributed by atoms with van der Waals surface area (Å²) in [6.45, 7) is 1.29. The van der Waals surface area contributed by atoms with Crippen LogP contribution in [0.5, 0.6) is 0 Å². The van der Waals surface area contributed by atoms with Gasteiger partial charge in [0.2, 0.25) is 0 Å². The standard InChI is InChI=1S/C20H20FNO3S/c1-13(26(2,24)25)8-14-9-16-4-3-7-22-20(16)18(10-14)15-5-6-19(21)17(11-15)12-23/h3-7,9-11,13,23H,8,12H2,1-2H3. The number of aliphatic hydroxyl groups excluding tert-OH is 1. The Hall–Kier alpha value is -2.31. The van der Waals surface area contributed by atoms with Gasteiger partial charge in [0, 0.05) is 29.0 Å². The smallest absolute Gasteiger partial charge is 0.150 e. The molecule has 0 saturated carbocycles. The van der Waals surface area contributed by atoms with Gasteiger partial charge in [-0.25, -0.2) is 12.8 Å². The van der Waals surface area contributed by atoms with Crippen LogP contribution in [0.2, 0.25) is 0 Å². The number of halogens is 1. The topological polar surface area (TPSA) is 67.3 Å². The molecule has 1 unspecified atom stereocenters. The molecule has 0 saturated heterocycles. The lowest BCUT2D eigenvalue weighted by molar-refractivity contribution is 0.276. The summed E-state index contributed by atoms with van der Waals surface area (Å²) in [6, 6.07) is 12.1. The highest BCUT2D eigenvalue weighted by atomic mass is 32.2. The number of fused-ring (bicyclic) bond motifs is 1. The predicted molar refractivity (Wildman–Crippen MR) is 101 cm³/mol. The van der Waals surface area contributed by atoms with Crippen molar-refractivity contribution in [3.05, 3.63) is 65.6 Å². The van der Waals surface area contributed by atoms with Crippen LogP contribution in [0.3, 0.4) is 0 Å². The van der Waals surface area contributed by atoms with E-state index in [4.69, 9.17) is 0 Å². The lowest BCUT2D eigenvalue weighted by Crippen LogP contribution is -2.18. The quantitative estimate of drug-likeness (QED) is 0.743. The molecule has 26 heavy (non-hydrogen) atoms. The molecule has 1 aromatic heterocycles. The molecule has 0 bridgehead atoms. The maximum atomic E-state index is 13.7. The summed E-state index contributed by atoms with van der Waals surface area (Å²) in [6.07, 6.45) is 3.29. The first kappa shape index (κ1) is 18.5. The number of nitrogens with zero attached hydrogens (tertiary/aromatic N) is 1. The van der Waals surface area contributed by atoms with Crippen LogP contribution < -0.4 is 0 Å². The highest BCUT2D eigenvalue weighted by Crippen LogP contribution is 2.31. The molecule has 2 aromatic carbocycles. The summed E-state index contributed by atoms with van der Waals surface area (Å²) in [5, 5.41) is 9.72. The molecule has 0 aliphatic rings. The van der Waals surface area contributed by atoms with Crippen LogP contribution in [0.1, 0.15) is 18.1 Å². The van der Waals surface area contributed by atoms with Gasteiger partial charge in [-0.15, -0.1) is 0 Å². The number of aromatic nitrogens is 1. The second-order valence-electron chi connectivity index (χ2n) is 6.53. The lowest BCUT2D eigenvalue weighted by atomic mass is 9.96. The van der Waals surface area contributed by atoms with Gasteiger partial charge in [-0.3, -0.25) is 4.98 Å². The Morgan fingerprint density at radius 2 is 1.96 bits per heavy atom. The molecule has 0 fully saturated rings. The molecule has 0 aliphatic heterocycles. The van der Waals surface area contributed by atoms with E-state index >= 15 is 0 Å². The van der Waals surface area contributed by atoms with E-state index in [1.165, 1.54) is 12.3 Å². The normalized spacial score (nSPS) is 13.1. The van der Waals surface area contributed by atoms with E-state index in [-0.39, 0.29) is 5.56 Å². The first-order valence-electron chi connectivity index (χ1n) is 8.26. The van der Waals surface area contributed by atoms with Crippen molar-refractivity contribution in [2.24, 2.45) is 0 Å². The lowest BCUT2D eigenvalue weighted by Gasteiger charge is -2.14. The largest absolute Gasteiger partial charge is 0.392 e. The molecular formula is C20H20FNO3S. The van der Waals surface area contributed by atoms with Gasteiger partial charge in [-0.2, -0.15) is 0 Å². The maximum Gasteiger partial charge on any atom is 0.150 e. The molecule has 3 rings (SSSR count). The fourth-order valence-corrected chi connectivity index (χ4v) is 3.43. The molecule has 1 heterocycles. The molecule has 0 spiro atoms. The van der Waals surface area contributed by atoms with Crippen LogP contribution in [0, 0.1) is 5.82 Å². The van der Waals surface area contributed by atoms with Gasteiger partial charge in [0.25, 0.3) is 0 Å². The third-order valence-corrected chi connectivity index (χ3v) is 6.17. The molecule has 0 amide bonds. The fraction of sp³-hybridized carbons (Fsp3) is 0.250. The molecule has 6 heteroatoms. The minimum absolute atomic E-state index is 0.210. The van der Waals surface area contributed by atoms with Crippen molar-refractivity contribution >= 4 is 20.7 Å². The Kier molecular flexibility index (Phi) is 5.07. The Bertz CT molecular complexity index is 1060. The highest BCUT2D eigenvalue weighted by Gasteiger charge is 2.17. The van der Waals surface area contributed by atoms with Crippen molar-refractivity contribution in [3.8, 4) is 11.1 Å². The van der Waals surface area contributed by atoms with Crippen LogP contribution in [-0.2, 0) is 22.9 Å². The van der Waals surface area contributed by atoms with Crippen LogP contribution in [0.15, 0.2) is 48.7 Å². The Morgan fingerprint density at radius 1 is 1.19 bits per heavy atom. The molecule has 0 radical (unpaired) electrons. The van der Waals surface area contributed by atoms with E-state index < -0.39 is 27.5 Å². The maximum absolute atomic E-state index is 13.7. The van der Waals surface area contributed by atoms with Gasteiger partial charge in [-0.1, -0.05) is 12.1 Å². The number of hydrogen-bond donors (Lipinski definition) is 1. The third kappa shape index (κ3) is 3.76. The Balaban J connectivity index is 2.17. The molecule has 4 nitrogen and oxygen atoms in total. The number of rotatable bonds is 5. The van der Waals surface area contributed by atoms with Crippen molar-refractivity contribution in [1.29, 1.82) is 0 Å². The molecule has 1 N–H and O–H groups in total. The van der Waals surface area contributed by atoms with Gasteiger partial charge in [0.05, 0.1) is 17.4 Å². The monoisotopic (exact) mass is 373 g/mol. The summed E-state index contributed by atoms with van der Waals surface area (Å²) in [7, 11) is -3.15. The Labute approximate surface area is 152 Å². The second kappa shape index (κ2) is 7.13. The molecule has 136 valence electrons. The van der Waals surface area contributed by atoms with Gasteiger partial charge < -0.3 is 5.11 Å². The number of sulfone groups is 1. The van der Waals surface area contributed by atoms with Gasteiger partial charge in [0.15, 0.2) is 0 Å². The number of pyridine rings is 1. The van der Waals surface area contributed by atoms with Gasteiger partial charge in [0.1, 0.15) is 15.7 Å². The van der Waals surface area contributed by atoms with E-state index in [2.05, 4.69) is 4.98 Å². The molecule has 1 atom stereocenters. The number of benzene rings is 2. The summed E-state index contributed by atoms with van der Waals surface area (Å²) >= 11 is 0. The van der Waals surface area contributed by atoms with Gasteiger partial charge >= 0.3 is 0 Å². The first-order valence-corrected chi connectivity index (χ1v) is 10.2. The van der Waals surface area contributed by atoms with E-state index in [9.17, 15) is 17.9 Å². The SMILES string of the molecule is CC(Cc1cc(-c2ccc(F)c(CO)c2)c2ncccc2c1)S(C)(=O)=O. The Morgan fingerprint density at radius 3 is 2.65 bits per heavy atom. The van der Waals surface area contributed by atoms with Crippen LogP contribution in [-0.4, -0.2) is 30.0 Å². The zero-order valence-corrected chi connectivity index (χ0v) is 15.4. The van der Waals surface area contributed by atoms with Gasteiger partial charge in [-0.05, 0) is 54.8 Å². The predicted octanol–water partition coefficient (Wildman–Crippen LogP) is 3.51. The van der Waals surface area contributed by atoms with E-state index in [1.807, 2.05) is 24.3 Å². The number of hydrogen-bond acceptors (Lipinski definition) is 4.